The summed E-state index contributed by atoms with van der Waals surface area (Å²) in [6.45, 7) is 0. The molecule has 0 atom stereocenters. The van der Waals surface area contributed by atoms with Crippen LogP contribution in [0.25, 0.3) is 28.1 Å². The summed E-state index contributed by atoms with van der Waals surface area (Å²) in [5, 5.41) is 0.125. The summed E-state index contributed by atoms with van der Waals surface area (Å²) >= 11 is 1.63. The van der Waals surface area contributed by atoms with Crippen molar-refractivity contribution in [2.75, 3.05) is 24.8 Å². The molecule has 8 nitrogen and oxygen atoms in total. The molecular formula is C20H18N6O2S. The highest BCUT2D eigenvalue weighted by molar-refractivity contribution is 7.98. The van der Waals surface area contributed by atoms with Crippen LogP contribution in [0.2, 0.25) is 0 Å². The van der Waals surface area contributed by atoms with E-state index in [-0.39, 0.29) is 28.4 Å². The van der Waals surface area contributed by atoms with Crippen LogP contribution in [-0.4, -0.2) is 32.9 Å². The minimum absolute atomic E-state index is 0.00320. The van der Waals surface area contributed by atoms with Crippen molar-refractivity contribution < 1.29 is 4.74 Å². The van der Waals surface area contributed by atoms with Gasteiger partial charge in [-0.15, -0.1) is 11.8 Å². The molecule has 0 spiro atoms. The summed E-state index contributed by atoms with van der Waals surface area (Å²) in [4.78, 5) is 27.2. The van der Waals surface area contributed by atoms with Crippen LogP contribution in [0, 0.1) is 0 Å². The van der Waals surface area contributed by atoms with E-state index in [4.69, 9.17) is 16.2 Å². The van der Waals surface area contributed by atoms with Gasteiger partial charge in [0.1, 0.15) is 22.8 Å². The van der Waals surface area contributed by atoms with E-state index in [1.54, 1.807) is 43.1 Å². The molecule has 146 valence electrons. The molecule has 0 unspecified atom stereocenters. The number of nitrogens with two attached hydrogens (primary N) is 2. The average Bonchev–Trinajstić information content (AvgIpc) is 2.73. The second kappa shape index (κ2) is 7.44. The molecule has 9 heteroatoms. The van der Waals surface area contributed by atoms with Crippen LogP contribution in [0.4, 0.5) is 11.8 Å². The van der Waals surface area contributed by atoms with E-state index >= 15 is 0 Å². The smallest absolute Gasteiger partial charge is 0.271 e. The summed E-state index contributed by atoms with van der Waals surface area (Å²) in [5.41, 5.74) is 12.8. The Morgan fingerprint density at radius 1 is 0.966 bits per heavy atom. The predicted octanol–water partition coefficient (Wildman–Crippen LogP) is 2.74. The fraction of sp³-hybridized carbons (Fsp3) is 0.100. The van der Waals surface area contributed by atoms with Crippen LogP contribution in [0.15, 0.2) is 58.2 Å². The van der Waals surface area contributed by atoms with Crippen LogP contribution in [0.3, 0.4) is 0 Å². The number of ether oxygens (including phenoxy) is 1. The van der Waals surface area contributed by atoms with Crippen LogP contribution >= 0.6 is 11.8 Å². The monoisotopic (exact) mass is 406 g/mol. The lowest BCUT2D eigenvalue weighted by molar-refractivity contribution is 0.414. The van der Waals surface area contributed by atoms with Gasteiger partial charge in [-0.25, -0.2) is 4.98 Å². The van der Waals surface area contributed by atoms with Crippen molar-refractivity contribution >= 4 is 34.6 Å². The zero-order valence-corrected chi connectivity index (χ0v) is 16.6. The minimum atomic E-state index is -0.374. The Hall–Kier alpha value is -3.59. The number of methoxy groups -OCH3 is 1. The number of anilines is 2. The first-order valence-corrected chi connectivity index (χ1v) is 9.89. The van der Waals surface area contributed by atoms with Gasteiger partial charge in [0, 0.05) is 10.5 Å². The molecule has 0 saturated carbocycles. The number of rotatable bonds is 4. The molecule has 2 heterocycles. The highest BCUT2D eigenvalue weighted by atomic mass is 32.2. The normalized spacial score (nSPS) is 11.0. The molecule has 4 N–H and O–H groups in total. The number of aromatic nitrogens is 4. The second-order valence-corrected chi connectivity index (χ2v) is 7.05. The average molecular weight is 406 g/mol. The third-order valence-corrected chi connectivity index (χ3v) is 5.20. The summed E-state index contributed by atoms with van der Waals surface area (Å²) in [6.07, 6.45) is 2.00. The van der Waals surface area contributed by atoms with E-state index in [1.165, 1.54) is 4.57 Å². The maximum absolute atomic E-state index is 13.4. The number of nitrogen functional groups attached to an aromatic ring is 2. The van der Waals surface area contributed by atoms with Crippen molar-refractivity contribution in [3.8, 4) is 22.8 Å². The molecule has 0 aliphatic heterocycles. The summed E-state index contributed by atoms with van der Waals surface area (Å²) in [5.74, 6) is 1.07. The highest BCUT2D eigenvalue weighted by Crippen LogP contribution is 2.26. The van der Waals surface area contributed by atoms with Crippen LogP contribution in [0.1, 0.15) is 0 Å². The number of fused-ring (bicyclic) bond motifs is 1. The zero-order chi connectivity index (χ0) is 20.5. The molecule has 0 bridgehead atoms. The van der Waals surface area contributed by atoms with Crippen molar-refractivity contribution in [1.29, 1.82) is 0 Å². The minimum Gasteiger partial charge on any atom is -0.497 e. The molecule has 4 rings (SSSR count). The van der Waals surface area contributed by atoms with Gasteiger partial charge in [-0.1, -0.05) is 12.1 Å². The van der Waals surface area contributed by atoms with E-state index in [2.05, 4.69) is 15.0 Å². The molecule has 0 radical (unpaired) electrons. The fourth-order valence-electron chi connectivity index (χ4n) is 3.03. The molecule has 0 saturated heterocycles. The van der Waals surface area contributed by atoms with E-state index in [0.29, 0.717) is 17.3 Å². The van der Waals surface area contributed by atoms with Crippen molar-refractivity contribution in [3.05, 3.63) is 58.9 Å². The lowest BCUT2D eigenvalue weighted by atomic mass is 10.2. The van der Waals surface area contributed by atoms with E-state index in [9.17, 15) is 4.79 Å². The van der Waals surface area contributed by atoms with Gasteiger partial charge in [-0.2, -0.15) is 9.97 Å². The van der Waals surface area contributed by atoms with Crippen LogP contribution in [0.5, 0.6) is 5.75 Å². The molecule has 0 aliphatic rings. The molecule has 2 aromatic carbocycles. The van der Waals surface area contributed by atoms with Gasteiger partial charge in [0.05, 0.1) is 12.8 Å². The van der Waals surface area contributed by atoms with Gasteiger partial charge in [-0.05, 0) is 42.7 Å². The predicted molar refractivity (Wildman–Crippen MR) is 116 cm³/mol. The zero-order valence-electron chi connectivity index (χ0n) is 15.8. The molecule has 0 aliphatic carbocycles. The first kappa shape index (κ1) is 18.8. The van der Waals surface area contributed by atoms with Gasteiger partial charge in [0.25, 0.3) is 5.56 Å². The molecule has 2 aromatic heterocycles. The summed E-state index contributed by atoms with van der Waals surface area (Å²) in [7, 11) is 1.58. The Morgan fingerprint density at radius 3 is 2.28 bits per heavy atom. The Balaban J connectivity index is 2.06. The topological polar surface area (TPSA) is 122 Å². The third-order valence-electron chi connectivity index (χ3n) is 4.45. The molecule has 0 amide bonds. The van der Waals surface area contributed by atoms with Crippen molar-refractivity contribution in [2.45, 2.75) is 4.90 Å². The quantitative estimate of drug-likeness (QED) is 0.496. The standard InChI is InChI=1S/C20H18N6O2S/c1-28-13-7-5-12(6-8-13)26-18(11-3-9-14(29-2)10-4-11)24-17-15(19(26)27)16(21)23-20(22)25-17/h3-10H,1-2H3,(H4,21,22,23,25). The molecule has 0 fully saturated rings. The number of thioether (sulfide) groups is 1. The summed E-state index contributed by atoms with van der Waals surface area (Å²) < 4.78 is 6.71. The van der Waals surface area contributed by atoms with Crippen molar-refractivity contribution in [1.82, 2.24) is 19.5 Å². The van der Waals surface area contributed by atoms with E-state index in [1.807, 2.05) is 30.5 Å². The Bertz CT molecular complexity index is 1250. The first-order chi connectivity index (χ1) is 14.0. The van der Waals surface area contributed by atoms with Gasteiger partial charge < -0.3 is 16.2 Å². The maximum atomic E-state index is 13.4. The van der Waals surface area contributed by atoms with Gasteiger partial charge in [0.15, 0.2) is 5.65 Å². The molecule has 4 aromatic rings. The lowest BCUT2D eigenvalue weighted by Gasteiger charge is -2.15. The SMILES string of the molecule is COc1ccc(-n2c(-c3ccc(SC)cc3)nc3nc(N)nc(N)c3c2=O)cc1. The van der Waals surface area contributed by atoms with E-state index < -0.39 is 0 Å². The summed E-state index contributed by atoms with van der Waals surface area (Å²) in [6, 6.07) is 14.9. The van der Waals surface area contributed by atoms with Gasteiger partial charge in [0.2, 0.25) is 5.95 Å². The van der Waals surface area contributed by atoms with Gasteiger partial charge >= 0.3 is 0 Å². The van der Waals surface area contributed by atoms with Crippen LogP contribution < -0.4 is 21.8 Å². The van der Waals surface area contributed by atoms with E-state index in [0.717, 1.165) is 10.5 Å². The Morgan fingerprint density at radius 2 is 1.66 bits per heavy atom. The Labute approximate surface area is 170 Å². The highest BCUT2D eigenvalue weighted by Gasteiger charge is 2.18. The number of hydrogen-bond acceptors (Lipinski definition) is 8. The largest absolute Gasteiger partial charge is 0.497 e. The number of hydrogen-bond donors (Lipinski definition) is 2. The van der Waals surface area contributed by atoms with Gasteiger partial charge in [-0.3, -0.25) is 9.36 Å². The van der Waals surface area contributed by atoms with Crippen molar-refractivity contribution in [3.63, 3.8) is 0 Å². The second-order valence-electron chi connectivity index (χ2n) is 6.17. The van der Waals surface area contributed by atoms with Crippen molar-refractivity contribution in [2.24, 2.45) is 0 Å². The molecular weight excluding hydrogens is 388 g/mol. The lowest BCUT2D eigenvalue weighted by Crippen LogP contribution is -2.24. The number of nitrogens with zero attached hydrogens (tertiary/aromatic N) is 4. The Kier molecular flexibility index (Phi) is 4.81. The third kappa shape index (κ3) is 3.36. The fourth-order valence-corrected chi connectivity index (χ4v) is 3.44. The molecule has 29 heavy (non-hydrogen) atoms. The van der Waals surface area contributed by atoms with Crippen LogP contribution in [-0.2, 0) is 0 Å². The number of benzene rings is 2. The maximum Gasteiger partial charge on any atom is 0.271 e. The first-order valence-electron chi connectivity index (χ1n) is 8.66.